The van der Waals surface area contributed by atoms with Crippen molar-refractivity contribution in [2.24, 2.45) is 0 Å². The number of rotatable bonds is 6. The number of nitrogens with one attached hydrogen (secondary N) is 1. The maximum Gasteiger partial charge on any atom is 0.161 e. The zero-order chi connectivity index (χ0) is 20.2. The summed E-state index contributed by atoms with van der Waals surface area (Å²) in [7, 11) is 1.70. The molecular formula is C26H29NO2. The van der Waals surface area contributed by atoms with Gasteiger partial charge in [-0.3, -0.25) is 0 Å². The molecule has 1 aliphatic rings. The van der Waals surface area contributed by atoms with Crippen LogP contribution >= 0.6 is 0 Å². The quantitative estimate of drug-likeness (QED) is 0.621. The smallest absolute Gasteiger partial charge is 0.161 e. The molecular weight excluding hydrogens is 358 g/mol. The Morgan fingerprint density at radius 3 is 2.48 bits per heavy atom. The molecule has 1 N–H and O–H groups in total. The van der Waals surface area contributed by atoms with Crippen molar-refractivity contribution in [1.29, 1.82) is 0 Å². The van der Waals surface area contributed by atoms with Crippen molar-refractivity contribution in [3.63, 3.8) is 0 Å². The Labute approximate surface area is 173 Å². The first-order valence-corrected chi connectivity index (χ1v) is 10.3. The Morgan fingerprint density at radius 2 is 1.69 bits per heavy atom. The van der Waals surface area contributed by atoms with E-state index in [9.17, 15) is 0 Å². The molecule has 4 rings (SSSR count). The molecule has 1 heterocycles. The van der Waals surface area contributed by atoms with E-state index in [4.69, 9.17) is 9.47 Å². The zero-order valence-electron chi connectivity index (χ0n) is 17.5. The van der Waals surface area contributed by atoms with Crippen molar-refractivity contribution in [1.82, 2.24) is 5.32 Å². The first-order chi connectivity index (χ1) is 14.1. The van der Waals surface area contributed by atoms with Gasteiger partial charge in [0, 0.05) is 6.04 Å². The minimum Gasteiger partial charge on any atom is -0.493 e. The average Bonchev–Trinajstić information content (AvgIpc) is 2.75. The second-order valence-corrected chi connectivity index (χ2v) is 7.86. The first-order valence-electron chi connectivity index (χ1n) is 10.3. The highest BCUT2D eigenvalue weighted by Crippen LogP contribution is 2.33. The summed E-state index contributed by atoms with van der Waals surface area (Å²) in [6, 6.07) is 21.5. The molecule has 0 aromatic heterocycles. The van der Waals surface area contributed by atoms with Crippen LogP contribution in [0.1, 0.15) is 39.4 Å². The van der Waals surface area contributed by atoms with E-state index >= 15 is 0 Å². The Kier molecular flexibility index (Phi) is 5.86. The van der Waals surface area contributed by atoms with Crippen LogP contribution in [0, 0.1) is 13.8 Å². The molecule has 150 valence electrons. The molecule has 0 amide bonds. The highest BCUT2D eigenvalue weighted by molar-refractivity contribution is 5.45. The largest absolute Gasteiger partial charge is 0.493 e. The minimum atomic E-state index is 0.332. The molecule has 1 aliphatic heterocycles. The van der Waals surface area contributed by atoms with E-state index in [1.807, 2.05) is 24.3 Å². The van der Waals surface area contributed by atoms with Gasteiger partial charge in [-0.15, -0.1) is 0 Å². The van der Waals surface area contributed by atoms with Crippen LogP contribution in [-0.2, 0) is 19.4 Å². The highest BCUT2D eigenvalue weighted by atomic mass is 16.5. The van der Waals surface area contributed by atoms with Gasteiger partial charge in [-0.1, -0.05) is 48.5 Å². The van der Waals surface area contributed by atoms with Gasteiger partial charge in [-0.05, 0) is 78.7 Å². The molecule has 3 aromatic rings. The molecule has 0 aliphatic carbocycles. The molecule has 29 heavy (non-hydrogen) atoms. The maximum absolute atomic E-state index is 6.00. The third kappa shape index (κ3) is 4.46. The monoisotopic (exact) mass is 387 g/mol. The van der Waals surface area contributed by atoms with E-state index in [2.05, 4.69) is 55.6 Å². The Morgan fingerprint density at radius 1 is 0.897 bits per heavy atom. The molecule has 3 heteroatoms. The van der Waals surface area contributed by atoms with Crippen molar-refractivity contribution < 1.29 is 9.47 Å². The number of fused-ring (bicyclic) bond motifs is 1. The van der Waals surface area contributed by atoms with Gasteiger partial charge < -0.3 is 14.8 Å². The van der Waals surface area contributed by atoms with E-state index in [0.29, 0.717) is 12.6 Å². The molecule has 0 radical (unpaired) electrons. The van der Waals surface area contributed by atoms with Crippen molar-refractivity contribution in [3.05, 3.63) is 94.0 Å². The van der Waals surface area contributed by atoms with Crippen LogP contribution in [0.4, 0.5) is 0 Å². The van der Waals surface area contributed by atoms with E-state index in [1.54, 1.807) is 7.11 Å². The number of hydrogen-bond acceptors (Lipinski definition) is 3. The van der Waals surface area contributed by atoms with Gasteiger partial charge in [0.25, 0.3) is 0 Å². The van der Waals surface area contributed by atoms with E-state index in [-0.39, 0.29) is 0 Å². The number of hydrogen-bond donors (Lipinski definition) is 1. The Balaban J connectivity index is 1.51. The highest BCUT2D eigenvalue weighted by Gasteiger charge is 2.21. The van der Waals surface area contributed by atoms with Crippen LogP contribution in [0.25, 0.3) is 0 Å². The van der Waals surface area contributed by atoms with Crippen LogP contribution in [0.15, 0.2) is 60.7 Å². The predicted molar refractivity (Wildman–Crippen MR) is 118 cm³/mol. The summed E-state index contributed by atoms with van der Waals surface area (Å²) in [6.07, 6.45) is 2.04. The van der Waals surface area contributed by atoms with Gasteiger partial charge in [0.15, 0.2) is 11.5 Å². The summed E-state index contributed by atoms with van der Waals surface area (Å²) in [5, 5.41) is 3.70. The number of ether oxygens (including phenoxy) is 2. The molecule has 0 bridgehead atoms. The van der Waals surface area contributed by atoms with Crippen molar-refractivity contribution in [2.75, 3.05) is 13.7 Å². The number of aryl methyl sites for hydroxylation is 2. The molecule has 0 saturated carbocycles. The lowest BCUT2D eigenvalue weighted by Gasteiger charge is -2.28. The lowest BCUT2D eigenvalue weighted by Crippen LogP contribution is -2.31. The van der Waals surface area contributed by atoms with Crippen LogP contribution in [0.5, 0.6) is 11.5 Å². The fourth-order valence-electron chi connectivity index (χ4n) is 4.04. The molecule has 3 nitrogen and oxygen atoms in total. The first kappa shape index (κ1) is 19.5. The molecule has 1 atom stereocenters. The van der Waals surface area contributed by atoms with Crippen molar-refractivity contribution in [2.45, 2.75) is 39.3 Å². The average molecular weight is 388 g/mol. The summed E-state index contributed by atoms with van der Waals surface area (Å²) in [6.45, 7) is 5.96. The molecule has 0 saturated heterocycles. The fraction of sp³-hybridized carbons (Fsp3) is 0.308. The van der Waals surface area contributed by atoms with Gasteiger partial charge in [0.2, 0.25) is 0 Å². The maximum atomic E-state index is 6.00. The van der Waals surface area contributed by atoms with E-state index < -0.39 is 0 Å². The number of benzene rings is 3. The van der Waals surface area contributed by atoms with Gasteiger partial charge >= 0.3 is 0 Å². The summed E-state index contributed by atoms with van der Waals surface area (Å²) in [5.74, 6) is 1.57. The zero-order valence-corrected chi connectivity index (χ0v) is 17.5. The Hall–Kier alpha value is -2.78. The lowest BCUT2D eigenvalue weighted by molar-refractivity contribution is 0.284. The third-order valence-corrected chi connectivity index (χ3v) is 5.82. The minimum absolute atomic E-state index is 0.332. The van der Waals surface area contributed by atoms with Gasteiger partial charge in [-0.2, -0.15) is 0 Å². The molecule has 0 fully saturated rings. The summed E-state index contributed by atoms with van der Waals surface area (Å²) < 4.78 is 11.6. The van der Waals surface area contributed by atoms with E-state index in [1.165, 1.54) is 27.8 Å². The third-order valence-electron chi connectivity index (χ3n) is 5.82. The van der Waals surface area contributed by atoms with Crippen LogP contribution in [-0.4, -0.2) is 13.7 Å². The van der Waals surface area contributed by atoms with Gasteiger partial charge in [-0.25, -0.2) is 0 Å². The molecule has 0 spiro atoms. The van der Waals surface area contributed by atoms with Gasteiger partial charge in [0.05, 0.1) is 7.11 Å². The van der Waals surface area contributed by atoms with Crippen LogP contribution in [0.2, 0.25) is 0 Å². The van der Waals surface area contributed by atoms with Crippen LogP contribution in [0.3, 0.4) is 0 Å². The lowest BCUT2D eigenvalue weighted by atomic mass is 9.87. The standard InChI is InChI=1S/C26H29NO2/c1-18-13-22-11-12-27-24(23(22)14-19(18)2)15-21-9-10-25(26(16-21)28-3)29-17-20-7-5-4-6-8-20/h4-10,13-14,16,24,27H,11-12,15,17H2,1-3H3/t24-/m0/s1. The second-order valence-electron chi connectivity index (χ2n) is 7.86. The van der Waals surface area contributed by atoms with Gasteiger partial charge in [0.1, 0.15) is 6.61 Å². The Bertz CT molecular complexity index is 981. The predicted octanol–water partition coefficient (Wildman–Crippen LogP) is 5.32. The summed E-state index contributed by atoms with van der Waals surface area (Å²) in [4.78, 5) is 0. The summed E-state index contributed by atoms with van der Waals surface area (Å²) >= 11 is 0. The van der Waals surface area contributed by atoms with Crippen LogP contribution < -0.4 is 14.8 Å². The normalized spacial score (nSPS) is 15.6. The number of methoxy groups -OCH3 is 1. The molecule has 3 aromatic carbocycles. The molecule has 0 unspecified atom stereocenters. The van der Waals surface area contributed by atoms with Crippen molar-refractivity contribution in [3.8, 4) is 11.5 Å². The van der Waals surface area contributed by atoms with E-state index in [0.717, 1.165) is 36.4 Å². The van der Waals surface area contributed by atoms with Crippen molar-refractivity contribution >= 4 is 0 Å². The second kappa shape index (κ2) is 8.71. The SMILES string of the molecule is COc1cc(C[C@@H]2NCCc3cc(C)c(C)cc32)ccc1OCc1ccccc1. The fourth-order valence-corrected chi connectivity index (χ4v) is 4.04. The topological polar surface area (TPSA) is 30.5 Å². The summed E-state index contributed by atoms with van der Waals surface area (Å²) in [5.41, 5.74) is 8.05.